The van der Waals surface area contributed by atoms with Crippen LogP contribution in [0.3, 0.4) is 0 Å². The summed E-state index contributed by atoms with van der Waals surface area (Å²) < 4.78 is 72.9. The number of piperidine rings is 4. The summed E-state index contributed by atoms with van der Waals surface area (Å²) in [5.74, 6) is -0.367. The molecular formula is C99H131ClF5N11O5. The van der Waals surface area contributed by atoms with Gasteiger partial charge >= 0.3 is 24.3 Å². The Labute approximate surface area is 722 Å². The van der Waals surface area contributed by atoms with Gasteiger partial charge in [-0.1, -0.05) is 198 Å². The summed E-state index contributed by atoms with van der Waals surface area (Å²) in [4.78, 5) is 68.7. The molecule has 0 spiro atoms. The summed E-state index contributed by atoms with van der Waals surface area (Å²) in [6.45, 7) is 28.3. The Morgan fingerprint density at radius 2 is 0.884 bits per heavy atom. The minimum Gasteiger partial charge on any atom is -0.497 e. The number of urea groups is 3. The molecule has 4 fully saturated rings. The second kappa shape index (κ2) is 49.7. The number of methoxy groups -OCH3 is 1. The van der Waals surface area contributed by atoms with E-state index in [2.05, 4.69) is 101 Å². The van der Waals surface area contributed by atoms with Crippen molar-refractivity contribution in [2.24, 2.45) is 11.8 Å². The Morgan fingerprint density at radius 1 is 0.455 bits per heavy atom. The summed E-state index contributed by atoms with van der Waals surface area (Å²) in [6.07, 6.45) is 13.3. The molecule has 4 aliphatic rings. The molecule has 4 aliphatic heterocycles. The van der Waals surface area contributed by atoms with Gasteiger partial charge in [0.25, 0.3) is 0 Å². The number of benzene rings is 8. The number of likely N-dealkylation sites (tertiary alicyclic amines) is 4. The first-order valence-electron chi connectivity index (χ1n) is 44.1. The molecule has 4 saturated heterocycles. The molecule has 7 amide bonds. The molecule has 8 aromatic carbocycles. The average molecular weight is 1690 g/mol. The van der Waals surface area contributed by atoms with E-state index in [9.17, 15) is 41.1 Å². The van der Waals surface area contributed by atoms with E-state index in [4.69, 9.17) is 16.3 Å². The van der Waals surface area contributed by atoms with Crippen LogP contribution in [-0.4, -0.2) is 161 Å². The fraction of sp³-hybridized carbons (Fsp3) is 0.475. The Kier molecular flexibility index (Phi) is 39.2. The number of rotatable bonds is 30. The van der Waals surface area contributed by atoms with Crippen molar-refractivity contribution in [2.45, 2.75) is 227 Å². The van der Waals surface area contributed by atoms with Gasteiger partial charge in [0.15, 0.2) is 0 Å². The quantitative estimate of drug-likeness (QED) is 0.0323. The Hall–Kier alpha value is -9.38. The van der Waals surface area contributed by atoms with Gasteiger partial charge < -0.3 is 60.3 Å². The standard InChI is InChI=1S/C25H31F3N2O.C25H34FN3O.C25H35N3O2.C24H31ClFN3O/c1-2-3-14-30-15-12-20(13-16-30)23(17-19-8-5-4-6-9-19)24(31)29-22-11-7-10-21(18-22)25(26,27)28;1-4-8-20(3)28-15-13-22(14-16-28)29(18-21-9-6-5-7-10-21)25(30)27-24-12-11-19(2)17-23(24)26;1-4-8-20(2)27-17-15-23(16-18-27)28(19-21-9-6-5-7-10-21)25(29)26-22-11-13-24(30-3)14-12-22;1-3-7-18(2)28-14-12-21(13-15-28)29(17-19-8-5-4-6-9-19)24(30)27-23-16-20(25)10-11-22(23)26/h4-11,18,20,23H,2-3,12-17H2,1H3,(H,29,31);5-7,9-12,17,20,22H,4,8,13-16,18H2,1-3H3,(H,27,30);5-7,9-14,20,23H,4,8,15-19H2,1-3H3,(H,26,29);4-6,8-11,16,18,21H,3,7,12-15,17H2,1-2H3,(H,27,30). The van der Waals surface area contributed by atoms with Crippen molar-refractivity contribution in [3.63, 3.8) is 0 Å². The van der Waals surface area contributed by atoms with Crippen LogP contribution >= 0.6 is 11.6 Å². The minimum atomic E-state index is -4.44. The Balaban J connectivity index is 0.000000183. The van der Waals surface area contributed by atoms with Crippen LogP contribution in [0.15, 0.2) is 206 Å². The molecule has 4 heterocycles. The van der Waals surface area contributed by atoms with E-state index in [1.54, 1.807) is 13.2 Å². The first-order chi connectivity index (χ1) is 58.4. The number of ether oxygens (including phenoxy) is 1. The summed E-state index contributed by atoms with van der Waals surface area (Å²) >= 11 is 5.99. The average Bonchev–Trinajstić information content (AvgIpc) is 0.834. The largest absolute Gasteiger partial charge is 0.497 e. The van der Waals surface area contributed by atoms with Gasteiger partial charge in [-0.2, -0.15) is 13.2 Å². The zero-order chi connectivity index (χ0) is 86.6. The maximum Gasteiger partial charge on any atom is 0.416 e. The number of hydrogen-bond donors (Lipinski definition) is 4. The third-order valence-corrected chi connectivity index (χ3v) is 24.4. The highest BCUT2D eigenvalue weighted by atomic mass is 35.5. The van der Waals surface area contributed by atoms with Crippen molar-refractivity contribution in [3.8, 4) is 5.75 Å². The van der Waals surface area contributed by atoms with Gasteiger partial charge in [0.1, 0.15) is 17.4 Å². The van der Waals surface area contributed by atoms with Gasteiger partial charge in [-0.15, -0.1) is 0 Å². The monoisotopic (exact) mass is 1680 g/mol. The van der Waals surface area contributed by atoms with Crippen molar-refractivity contribution in [1.29, 1.82) is 0 Å². The molecule has 0 aliphatic carbocycles. The Morgan fingerprint density at radius 3 is 1.30 bits per heavy atom. The highest BCUT2D eigenvalue weighted by molar-refractivity contribution is 6.31. The Bertz CT molecular complexity index is 4360. The molecule has 4 unspecified atom stereocenters. The molecule has 16 nitrogen and oxygen atoms in total. The smallest absolute Gasteiger partial charge is 0.416 e. The van der Waals surface area contributed by atoms with Gasteiger partial charge in [0.2, 0.25) is 5.91 Å². The van der Waals surface area contributed by atoms with Crippen molar-refractivity contribution < 1.29 is 45.9 Å². The van der Waals surface area contributed by atoms with Crippen molar-refractivity contribution in [3.05, 3.63) is 256 Å². The number of carbonyl (C=O) groups is 4. The zero-order valence-electron chi connectivity index (χ0n) is 72.7. The van der Waals surface area contributed by atoms with Crippen molar-refractivity contribution in [2.75, 3.05) is 87.3 Å². The van der Waals surface area contributed by atoms with E-state index in [0.717, 1.165) is 168 Å². The van der Waals surface area contributed by atoms with Crippen LogP contribution in [-0.2, 0) is 37.0 Å². The van der Waals surface area contributed by atoms with Crippen LogP contribution in [0.2, 0.25) is 5.02 Å². The lowest BCUT2D eigenvalue weighted by atomic mass is 9.80. The number of alkyl halides is 3. The third-order valence-electron chi connectivity index (χ3n) is 24.2. The number of halogens is 6. The number of nitrogens with one attached hydrogen (secondary N) is 4. The summed E-state index contributed by atoms with van der Waals surface area (Å²) in [5, 5.41) is 11.8. The number of anilines is 4. The van der Waals surface area contributed by atoms with Crippen LogP contribution in [0.4, 0.5) is 59.1 Å². The SMILES string of the molecule is CCCC(C)N1CCC(N(Cc2ccccc2)C(=O)Nc2cc(Cl)ccc2F)CC1.CCCC(C)N1CCC(N(Cc2ccccc2)C(=O)Nc2ccc(C)cc2F)CC1.CCCC(C)N1CCC(N(Cc2ccccc2)C(=O)Nc2ccc(OC)cc2)CC1.CCCCN1CCC(C(Cc2ccccc2)C(=O)Nc2cccc(C(F)(F)F)c2)CC1. The van der Waals surface area contributed by atoms with Crippen molar-refractivity contribution >= 4 is 58.4 Å². The van der Waals surface area contributed by atoms with Crippen LogP contribution < -0.4 is 26.0 Å². The number of unbranched alkanes of at least 4 members (excludes halogenated alkanes) is 1. The first-order valence-corrected chi connectivity index (χ1v) is 44.5. The van der Waals surface area contributed by atoms with Crippen molar-refractivity contribution in [1.82, 2.24) is 34.3 Å². The van der Waals surface area contributed by atoms with Gasteiger partial charge in [-0.25, -0.2) is 23.2 Å². The lowest BCUT2D eigenvalue weighted by Gasteiger charge is -2.40. The zero-order valence-corrected chi connectivity index (χ0v) is 73.5. The summed E-state index contributed by atoms with van der Waals surface area (Å²) in [6, 6.07) is 63.2. The van der Waals surface area contributed by atoms with Gasteiger partial charge in [-0.3, -0.25) is 4.79 Å². The number of amides is 7. The maximum atomic E-state index is 14.3. The third kappa shape index (κ3) is 30.9. The molecule has 4 N–H and O–H groups in total. The van der Waals surface area contributed by atoms with Crippen LogP contribution in [0.1, 0.15) is 185 Å². The molecule has 8 aromatic rings. The minimum absolute atomic E-state index is 0.0379. The number of aryl methyl sites for hydroxylation is 1. The van der Waals surface area contributed by atoms with Crippen LogP contribution in [0.5, 0.6) is 5.75 Å². The summed E-state index contributed by atoms with van der Waals surface area (Å²) in [5.41, 5.74) is 5.77. The first kappa shape index (κ1) is 95.5. The molecule has 0 bridgehead atoms. The van der Waals surface area contributed by atoms with Gasteiger partial charge in [0.05, 0.1) is 24.0 Å². The molecule has 4 atom stereocenters. The van der Waals surface area contributed by atoms with E-state index in [0.29, 0.717) is 49.2 Å². The number of nitrogens with zero attached hydrogens (tertiary/aromatic N) is 7. The molecular weight excluding hydrogens is 1550 g/mol. The molecule has 121 heavy (non-hydrogen) atoms. The molecule has 0 aromatic heterocycles. The van der Waals surface area contributed by atoms with Gasteiger partial charge in [0, 0.05) is 117 Å². The predicted molar refractivity (Wildman–Crippen MR) is 483 cm³/mol. The topological polar surface area (TPSA) is 148 Å². The highest BCUT2D eigenvalue weighted by Crippen LogP contribution is 2.35. The van der Waals surface area contributed by atoms with E-state index in [1.807, 2.05) is 161 Å². The lowest BCUT2D eigenvalue weighted by Crippen LogP contribution is -2.50. The number of hydrogen-bond acceptors (Lipinski definition) is 9. The molecule has 654 valence electrons. The van der Waals surface area contributed by atoms with E-state index < -0.39 is 23.4 Å². The molecule has 0 saturated carbocycles. The van der Waals surface area contributed by atoms with Crippen LogP contribution in [0, 0.1) is 30.4 Å². The van der Waals surface area contributed by atoms with E-state index in [1.165, 1.54) is 81.3 Å². The predicted octanol–water partition coefficient (Wildman–Crippen LogP) is 23.4. The van der Waals surface area contributed by atoms with Crippen LogP contribution in [0.25, 0.3) is 0 Å². The molecule has 12 rings (SSSR count). The highest BCUT2D eigenvalue weighted by Gasteiger charge is 2.37. The normalized spacial score (nSPS) is 16.4. The fourth-order valence-electron chi connectivity index (χ4n) is 17.0. The molecule has 22 heteroatoms. The summed E-state index contributed by atoms with van der Waals surface area (Å²) in [7, 11) is 1.64. The van der Waals surface area contributed by atoms with E-state index >= 15 is 0 Å². The maximum absolute atomic E-state index is 14.3. The van der Waals surface area contributed by atoms with Gasteiger partial charge in [-0.05, 0) is 237 Å². The lowest BCUT2D eigenvalue weighted by molar-refractivity contribution is -0.137. The van der Waals surface area contributed by atoms with E-state index in [-0.39, 0.29) is 71.0 Å². The second-order valence-electron chi connectivity index (χ2n) is 33.1. The molecule has 0 radical (unpaired) electrons. The second-order valence-corrected chi connectivity index (χ2v) is 33.5. The number of carbonyl (C=O) groups excluding carboxylic acids is 4. The fourth-order valence-corrected chi connectivity index (χ4v) is 17.2.